The lowest BCUT2D eigenvalue weighted by molar-refractivity contribution is 0.981. The van der Waals surface area contributed by atoms with E-state index in [4.69, 9.17) is 16.9 Å². The number of para-hydroxylation sites is 2. The predicted octanol–water partition coefficient (Wildman–Crippen LogP) is 3.64. The molecule has 4 heteroatoms. The number of nitrogens with zero attached hydrogens (tertiary/aromatic N) is 3. The van der Waals surface area contributed by atoms with Crippen LogP contribution in [0.5, 0.6) is 0 Å². The number of fused-ring (bicyclic) bond motifs is 1. The highest BCUT2D eigenvalue weighted by Gasteiger charge is 2.11. The highest BCUT2D eigenvalue weighted by atomic mass is 35.5. The van der Waals surface area contributed by atoms with Crippen molar-refractivity contribution in [3.8, 4) is 11.8 Å². The molecule has 1 heterocycles. The molecule has 2 aromatic carbocycles. The summed E-state index contributed by atoms with van der Waals surface area (Å²) in [5, 5.41) is 9.00. The Labute approximate surface area is 115 Å². The van der Waals surface area contributed by atoms with Gasteiger partial charge in [-0.3, -0.25) is 4.57 Å². The molecular formula is C15H10ClN3. The molecule has 0 aliphatic carbocycles. The van der Waals surface area contributed by atoms with E-state index in [9.17, 15) is 0 Å². The average Bonchev–Trinajstić information content (AvgIpc) is 2.85. The number of hydrogen-bond donors (Lipinski definition) is 0. The Kier molecular flexibility index (Phi) is 2.94. The molecule has 0 fully saturated rings. The average molecular weight is 268 g/mol. The Hall–Kier alpha value is -2.31. The van der Waals surface area contributed by atoms with E-state index in [2.05, 4.69) is 11.1 Å². The summed E-state index contributed by atoms with van der Waals surface area (Å²) in [5.74, 6) is 1.10. The molecule has 3 rings (SSSR count). The molecular weight excluding hydrogens is 258 g/mol. The fourth-order valence-corrected chi connectivity index (χ4v) is 2.35. The Morgan fingerprint density at radius 3 is 2.79 bits per heavy atom. The SMILES string of the molecule is N#Cc1cccc(-n2c(CCl)nc3ccccc32)c1. The van der Waals surface area contributed by atoms with Gasteiger partial charge in [-0.2, -0.15) is 5.26 Å². The van der Waals surface area contributed by atoms with E-state index in [0.29, 0.717) is 11.4 Å². The number of imidazole rings is 1. The summed E-state index contributed by atoms with van der Waals surface area (Å²) in [5.41, 5.74) is 3.42. The molecule has 0 unspecified atom stereocenters. The van der Waals surface area contributed by atoms with Crippen LogP contribution in [0.3, 0.4) is 0 Å². The first-order chi connectivity index (χ1) is 9.33. The highest BCUT2D eigenvalue weighted by Crippen LogP contribution is 2.23. The maximum absolute atomic E-state index is 9.00. The van der Waals surface area contributed by atoms with Gasteiger partial charge in [0.2, 0.25) is 0 Å². The largest absolute Gasteiger partial charge is 0.295 e. The van der Waals surface area contributed by atoms with E-state index in [0.717, 1.165) is 22.5 Å². The van der Waals surface area contributed by atoms with Gasteiger partial charge in [0.1, 0.15) is 5.82 Å². The first kappa shape index (κ1) is 11.8. The first-order valence-corrected chi connectivity index (χ1v) is 6.40. The zero-order chi connectivity index (χ0) is 13.2. The van der Waals surface area contributed by atoms with Gasteiger partial charge in [0.15, 0.2) is 0 Å². The zero-order valence-electron chi connectivity index (χ0n) is 10.0. The Morgan fingerprint density at radius 2 is 2.00 bits per heavy atom. The van der Waals surface area contributed by atoms with E-state index < -0.39 is 0 Å². The molecule has 0 atom stereocenters. The van der Waals surface area contributed by atoms with Gasteiger partial charge in [0, 0.05) is 5.69 Å². The third kappa shape index (κ3) is 1.96. The van der Waals surface area contributed by atoms with Crippen LogP contribution in [0.15, 0.2) is 48.5 Å². The van der Waals surface area contributed by atoms with Gasteiger partial charge in [-0.15, -0.1) is 11.6 Å². The van der Waals surface area contributed by atoms with Crippen molar-refractivity contribution in [2.24, 2.45) is 0 Å². The topological polar surface area (TPSA) is 41.6 Å². The molecule has 0 aliphatic heterocycles. The van der Waals surface area contributed by atoms with Gasteiger partial charge in [-0.05, 0) is 30.3 Å². The van der Waals surface area contributed by atoms with Crippen molar-refractivity contribution in [1.82, 2.24) is 9.55 Å². The van der Waals surface area contributed by atoms with Crippen molar-refractivity contribution < 1.29 is 0 Å². The lowest BCUT2D eigenvalue weighted by atomic mass is 10.2. The van der Waals surface area contributed by atoms with Crippen LogP contribution in [-0.2, 0) is 5.88 Å². The third-order valence-electron chi connectivity index (χ3n) is 2.98. The number of rotatable bonds is 2. The molecule has 1 aromatic heterocycles. The van der Waals surface area contributed by atoms with E-state index >= 15 is 0 Å². The van der Waals surface area contributed by atoms with Crippen molar-refractivity contribution >= 4 is 22.6 Å². The van der Waals surface area contributed by atoms with Gasteiger partial charge in [-0.1, -0.05) is 18.2 Å². The molecule has 0 N–H and O–H groups in total. The van der Waals surface area contributed by atoms with Gasteiger partial charge in [0.05, 0.1) is 28.5 Å². The molecule has 19 heavy (non-hydrogen) atoms. The zero-order valence-corrected chi connectivity index (χ0v) is 10.8. The van der Waals surface area contributed by atoms with Crippen molar-refractivity contribution in [1.29, 1.82) is 5.26 Å². The minimum Gasteiger partial charge on any atom is -0.295 e. The van der Waals surface area contributed by atoms with Gasteiger partial charge in [-0.25, -0.2) is 4.98 Å². The van der Waals surface area contributed by atoms with E-state index in [1.807, 2.05) is 47.0 Å². The van der Waals surface area contributed by atoms with Gasteiger partial charge < -0.3 is 0 Å². The van der Waals surface area contributed by atoms with Crippen molar-refractivity contribution in [2.45, 2.75) is 5.88 Å². The van der Waals surface area contributed by atoms with E-state index in [-0.39, 0.29) is 0 Å². The number of hydrogen-bond acceptors (Lipinski definition) is 2. The number of aromatic nitrogens is 2. The number of halogens is 1. The Balaban J connectivity index is 2.31. The van der Waals surface area contributed by atoms with Crippen molar-refractivity contribution in [2.75, 3.05) is 0 Å². The van der Waals surface area contributed by atoms with Crippen molar-refractivity contribution in [3.05, 3.63) is 59.9 Å². The fraction of sp³-hybridized carbons (Fsp3) is 0.0667. The minimum absolute atomic E-state index is 0.325. The maximum Gasteiger partial charge on any atom is 0.129 e. The highest BCUT2D eigenvalue weighted by molar-refractivity contribution is 6.17. The third-order valence-corrected chi connectivity index (χ3v) is 3.22. The second-order valence-corrected chi connectivity index (χ2v) is 4.42. The Morgan fingerprint density at radius 1 is 1.16 bits per heavy atom. The molecule has 0 bridgehead atoms. The van der Waals surface area contributed by atoms with Crippen LogP contribution >= 0.6 is 11.6 Å². The van der Waals surface area contributed by atoms with Gasteiger partial charge in [0.25, 0.3) is 0 Å². The van der Waals surface area contributed by atoms with Crippen LogP contribution < -0.4 is 0 Å². The van der Waals surface area contributed by atoms with Crippen LogP contribution in [-0.4, -0.2) is 9.55 Å². The predicted molar refractivity (Wildman–Crippen MR) is 75.3 cm³/mol. The van der Waals surface area contributed by atoms with Crippen LogP contribution in [0.2, 0.25) is 0 Å². The summed E-state index contributed by atoms with van der Waals surface area (Å²) in [6.45, 7) is 0. The molecule has 3 nitrogen and oxygen atoms in total. The normalized spacial score (nSPS) is 10.5. The van der Waals surface area contributed by atoms with Crippen LogP contribution in [0.4, 0.5) is 0 Å². The molecule has 3 aromatic rings. The fourth-order valence-electron chi connectivity index (χ4n) is 2.17. The van der Waals surface area contributed by atoms with Crippen LogP contribution in [0.25, 0.3) is 16.7 Å². The van der Waals surface area contributed by atoms with Crippen LogP contribution in [0, 0.1) is 11.3 Å². The second kappa shape index (κ2) is 4.75. The van der Waals surface area contributed by atoms with E-state index in [1.165, 1.54) is 0 Å². The van der Waals surface area contributed by atoms with Crippen LogP contribution in [0.1, 0.15) is 11.4 Å². The second-order valence-electron chi connectivity index (χ2n) is 4.15. The lowest BCUT2D eigenvalue weighted by Gasteiger charge is -2.07. The molecule has 0 amide bonds. The lowest BCUT2D eigenvalue weighted by Crippen LogP contribution is -1.99. The summed E-state index contributed by atoms with van der Waals surface area (Å²) in [4.78, 5) is 4.51. The quantitative estimate of drug-likeness (QED) is 0.665. The number of benzene rings is 2. The molecule has 0 saturated carbocycles. The standard InChI is InChI=1S/C15H10ClN3/c16-9-15-18-13-6-1-2-7-14(13)19(15)12-5-3-4-11(8-12)10-17/h1-8H,9H2. The maximum atomic E-state index is 9.00. The minimum atomic E-state index is 0.325. The smallest absolute Gasteiger partial charge is 0.129 e. The number of nitriles is 1. The first-order valence-electron chi connectivity index (χ1n) is 5.86. The summed E-state index contributed by atoms with van der Waals surface area (Å²) in [7, 11) is 0. The summed E-state index contributed by atoms with van der Waals surface area (Å²) < 4.78 is 1.99. The Bertz CT molecular complexity index is 783. The molecule has 0 aliphatic rings. The van der Waals surface area contributed by atoms with Crippen molar-refractivity contribution in [3.63, 3.8) is 0 Å². The summed E-state index contributed by atoms with van der Waals surface area (Å²) in [6.07, 6.45) is 0. The monoisotopic (exact) mass is 267 g/mol. The molecule has 0 radical (unpaired) electrons. The summed E-state index contributed by atoms with van der Waals surface area (Å²) >= 11 is 5.98. The van der Waals surface area contributed by atoms with E-state index in [1.54, 1.807) is 6.07 Å². The molecule has 0 spiro atoms. The molecule has 0 saturated heterocycles. The molecule has 92 valence electrons. The number of alkyl halides is 1. The van der Waals surface area contributed by atoms with Gasteiger partial charge >= 0.3 is 0 Å². The summed E-state index contributed by atoms with van der Waals surface area (Å²) in [6, 6.07) is 17.4.